The van der Waals surface area contributed by atoms with Crippen LogP contribution < -0.4 is 20.5 Å². The number of aromatic nitrogens is 2. The lowest BCUT2D eigenvalue weighted by Gasteiger charge is -2.31. The fourth-order valence-corrected chi connectivity index (χ4v) is 4.40. The van der Waals surface area contributed by atoms with Gasteiger partial charge in [0.05, 0.1) is 12.8 Å². The lowest BCUT2D eigenvalue weighted by Crippen LogP contribution is -2.36. The first-order valence-electron chi connectivity index (χ1n) is 9.85. The molecule has 0 bridgehead atoms. The topological polar surface area (TPSA) is 70.2 Å². The van der Waals surface area contributed by atoms with Crippen molar-refractivity contribution in [3.05, 3.63) is 51.9 Å². The van der Waals surface area contributed by atoms with Crippen molar-refractivity contribution in [2.24, 2.45) is 5.92 Å². The molecule has 2 aliphatic heterocycles. The summed E-state index contributed by atoms with van der Waals surface area (Å²) in [4.78, 5) is 22.4. The molecule has 1 aromatic carbocycles. The van der Waals surface area contributed by atoms with Crippen molar-refractivity contribution in [1.29, 1.82) is 0 Å². The van der Waals surface area contributed by atoms with Crippen molar-refractivity contribution in [1.82, 2.24) is 15.3 Å². The number of methoxy groups -OCH3 is 1. The molecule has 3 atom stereocenters. The molecule has 2 aromatic rings. The third-order valence-corrected chi connectivity index (χ3v) is 5.82. The molecule has 1 unspecified atom stereocenters. The maximum atomic E-state index is 12.4. The van der Waals surface area contributed by atoms with Gasteiger partial charge in [-0.25, -0.2) is 4.98 Å². The van der Waals surface area contributed by atoms with Crippen LogP contribution in [0.5, 0.6) is 5.75 Å². The Morgan fingerprint density at radius 2 is 2.07 bits per heavy atom. The van der Waals surface area contributed by atoms with Gasteiger partial charge in [-0.1, -0.05) is 19.1 Å². The Balaban J connectivity index is 1.64. The molecule has 2 fully saturated rings. The normalized spacial score (nSPS) is 25.6. The second-order valence-electron chi connectivity index (χ2n) is 7.84. The van der Waals surface area contributed by atoms with Crippen LogP contribution in [0.4, 0.5) is 5.95 Å². The first kappa shape index (κ1) is 18.0. The lowest BCUT2D eigenvalue weighted by molar-refractivity contribution is 0.413. The van der Waals surface area contributed by atoms with Crippen LogP contribution in [0.2, 0.25) is 0 Å². The van der Waals surface area contributed by atoms with Crippen molar-refractivity contribution in [3.63, 3.8) is 0 Å². The van der Waals surface area contributed by atoms with E-state index in [1.165, 1.54) is 12.0 Å². The molecule has 0 amide bonds. The smallest absolute Gasteiger partial charge is 0.252 e. The van der Waals surface area contributed by atoms with Crippen LogP contribution in [0.15, 0.2) is 35.1 Å². The number of nitrogens with zero attached hydrogens (tertiary/aromatic N) is 2. The van der Waals surface area contributed by atoms with E-state index in [0.29, 0.717) is 5.92 Å². The summed E-state index contributed by atoms with van der Waals surface area (Å²) < 4.78 is 5.39. The molecule has 2 aliphatic rings. The molecule has 0 aliphatic carbocycles. The summed E-state index contributed by atoms with van der Waals surface area (Å²) in [5.74, 6) is 2.67. The minimum absolute atomic E-state index is 0.0653. The highest BCUT2D eigenvalue weighted by atomic mass is 16.5. The minimum Gasteiger partial charge on any atom is -0.497 e. The van der Waals surface area contributed by atoms with Gasteiger partial charge in [0.1, 0.15) is 5.75 Å². The number of H-pyrrole nitrogens is 1. The van der Waals surface area contributed by atoms with Gasteiger partial charge < -0.3 is 15.0 Å². The number of hydrogen-bond acceptors (Lipinski definition) is 5. The van der Waals surface area contributed by atoms with E-state index < -0.39 is 0 Å². The first-order valence-corrected chi connectivity index (χ1v) is 9.85. The fraction of sp³-hybridized carbons (Fsp3) is 0.524. The number of ether oxygens (including phenoxy) is 1. The van der Waals surface area contributed by atoms with E-state index in [9.17, 15) is 4.79 Å². The van der Waals surface area contributed by atoms with Gasteiger partial charge in [0.15, 0.2) is 0 Å². The second kappa shape index (κ2) is 7.72. The van der Waals surface area contributed by atoms with E-state index in [2.05, 4.69) is 34.3 Å². The van der Waals surface area contributed by atoms with Crippen LogP contribution in [0.1, 0.15) is 42.9 Å². The minimum atomic E-state index is -0.0653. The molecular weight excluding hydrogens is 340 g/mol. The summed E-state index contributed by atoms with van der Waals surface area (Å²) in [6.07, 6.45) is 2.39. The van der Waals surface area contributed by atoms with Crippen LogP contribution in [0.25, 0.3) is 0 Å². The van der Waals surface area contributed by atoms with Crippen molar-refractivity contribution < 1.29 is 4.74 Å². The average Bonchev–Trinajstić information content (AvgIpc) is 3.17. The molecule has 2 saturated heterocycles. The van der Waals surface area contributed by atoms with Crippen LogP contribution in [-0.4, -0.2) is 43.3 Å². The largest absolute Gasteiger partial charge is 0.497 e. The maximum absolute atomic E-state index is 12.4. The highest BCUT2D eigenvalue weighted by molar-refractivity contribution is 5.37. The van der Waals surface area contributed by atoms with Crippen molar-refractivity contribution >= 4 is 5.95 Å². The van der Waals surface area contributed by atoms with Gasteiger partial charge in [-0.05, 0) is 36.5 Å². The monoisotopic (exact) mass is 368 g/mol. The van der Waals surface area contributed by atoms with E-state index >= 15 is 0 Å². The van der Waals surface area contributed by atoms with Gasteiger partial charge in [0, 0.05) is 44.1 Å². The summed E-state index contributed by atoms with van der Waals surface area (Å²) in [5.41, 5.74) is 2.04. The summed E-state index contributed by atoms with van der Waals surface area (Å²) in [5, 5.41) is 3.48. The van der Waals surface area contributed by atoms with Gasteiger partial charge in [0.2, 0.25) is 5.95 Å². The highest BCUT2D eigenvalue weighted by Gasteiger charge is 2.32. The van der Waals surface area contributed by atoms with E-state index in [1.54, 1.807) is 13.2 Å². The number of aromatic amines is 1. The van der Waals surface area contributed by atoms with E-state index in [0.717, 1.165) is 50.0 Å². The third kappa shape index (κ3) is 3.86. The lowest BCUT2D eigenvalue weighted by atomic mass is 9.86. The molecule has 6 nitrogen and oxygen atoms in total. The number of piperidine rings is 1. The van der Waals surface area contributed by atoms with E-state index in [-0.39, 0.29) is 17.4 Å². The summed E-state index contributed by atoms with van der Waals surface area (Å²) in [7, 11) is 1.69. The Bertz CT molecular complexity index is 850. The summed E-state index contributed by atoms with van der Waals surface area (Å²) in [6.45, 7) is 5.87. The van der Waals surface area contributed by atoms with Crippen molar-refractivity contribution in [2.45, 2.75) is 31.6 Å². The number of rotatable bonds is 4. The Morgan fingerprint density at radius 3 is 2.89 bits per heavy atom. The zero-order valence-corrected chi connectivity index (χ0v) is 16.1. The van der Waals surface area contributed by atoms with Gasteiger partial charge >= 0.3 is 0 Å². The predicted molar refractivity (Wildman–Crippen MR) is 107 cm³/mol. The Kier molecular flexibility index (Phi) is 5.16. The van der Waals surface area contributed by atoms with E-state index in [1.807, 2.05) is 12.1 Å². The molecule has 144 valence electrons. The van der Waals surface area contributed by atoms with Gasteiger partial charge in [-0.15, -0.1) is 0 Å². The van der Waals surface area contributed by atoms with Crippen molar-refractivity contribution in [3.8, 4) is 5.75 Å². The standard InChI is InChI=1S/C21H28N4O2/c1-14-5-4-8-25(13-14)21-23-19(10-20(26)24-21)18-12-22-11-17(18)15-6-3-7-16(9-15)27-2/h3,6-7,9-10,14,17-18,22H,4-5,8,11-13H2,1-2H3,(H,23,24,26)/t14?,17-,18+/m0/s1. The quantitative estimate of drug-likeness (QED) is 0.868. The van der Waals surface area contributed by atoms with Crippen LogP contribution in [-0.2, 0) is 0 Å². The average molecular weight is 368 g/mol. The zero-order chi connectivity index (χ0) is 18.8. The maximum Gasteiger partial charge on any atom is 0.252 e. The molecule has 2 N–H and O–H groups in total. The predicted octanol–water partition coefficient (Wildman–Crippen LogP) is 2.49. The summed E-state index contributed by atoms with van der Waals surface area (Å²) in [6, 6.07) is 9.87. The highest BCUT2D eigenvalue weighted by Crippen LogP contribution is 2.36. The van der Waals surface area contributed by atoms with Crippen LogP contribution in [0, 0.1) is 5.92 Å². The molecule has 6 heteroatoms. The number of nitrogens with one attached hydrogen (secondary N) is 2. The molecule has 0 spiro atoms. The van der Waals surface area contributed by atoms with Crippen molar-refractivity contribution in [2.75, 3.05) is 38.2 Å². The number of anilines is 1. The molecular formula is C21H28N4O2. The molecule has 0 radical (unpaired) electrons. The number of hydrogen-bond donors (Lipinski definition) is 2. The van der Waals surface area contributed by atoms with Gasteiger partial charge in [-0.3, -0.25) is 9.78 Å². The van der Waals surface area contributed by atoms with Crippen LogP contribution >= 0.6 is 0 Å². The zero-order valence-electron chi connectivity index (χ0n) is 16.1. The molecule has 3 heterocycles. The van der Waals surface area contributed by atoms with E-state index in [4.69, 9.17) is 9.72 Å². The second-order valence-corrected chi connectivity index (χ2v) is 7.84. The first-order chi connectivity index (χ1) is 13.1. The Morgan fingerprint density at radius 1 is 1.22 bits per heavy atom. The molecule has 0 saturated carbocycles. The third-order valence-electron chi connectivity index (χ3n) is 5.82. The molecule has 4 rings (SSSR count). The Hall–Kier alpha value is -2.34. The summed E-state index contributed by atoms with van der Waals surface area (Å²) >= 11 is 0. The van der Waals surface area contributed by atoms with Gasteiger partial charge in [0.25, 0.3) is 5.56 Å². The SMILES string of the molecule is COc1cccc([C@@H]2CNC[C@H]2c2cc(=O)[nH]c(N3CCCC(C)C3)n2)c1. The Labute approximate surface area is 160 Å². The van der Waals surface area contributed by atoms with Crippen LogP contribution in [0.3, 0.4) is 0 Å². The molecule has 27 heavy (non-hydrogen) atoms. The molecule has 1 aromatic heterocycles. The number of benzene rings is 1. The van der Waals surface area contributed by atoms with Gasteiger partial charge in [-0.2, -0.15) is 0 Å². The fourth-order valence-electron chi connectivity index (χ4n) is 4.40.